The van der Waals surface area contributed by atoms with Crippen LogP contribution in [0.25, 0.3) is 0 Å². The quantitative estimate of drug-likeness (QED) is 0.667. The van der Waals surface area contributed by atoms with Crippen LogP contribution >= 0.6 is 0 Å². The van der Waals surface area contributed by atoms with E-state index in [4.69, 9.17) is 4.74 Å². The van der Waals surface area contributed by atoms with Crippen LogP contribution in [0.3, 0.4) is 0 Å². The van der Waals surface area contributed by atoms with Gasteiger partial charge >= 0.3 is 0 Å². The average Bonchev–Trinajstić information content (AvgIpc) is 3.09. The van der Waals surface area contributed by atoms with Crippen molar-refractivity contribution in [2.75, 3.05) is 39.9 Å². The van der Waals surface area contributed by atoms with Crippen LogP contribution in [0.15, 0.2) is 0 Å². The van der Waals surface area contributed by atoms with E-state index in [9.17, 15) is 0 Å². The van der Waals surface area contributed by atoms with Crippen LogP contribution in [-0.2, 0) is 4.74 Å². The molecule has 88 valence electrons. The van der Waals surface area contributed by atoms with Gasteiger partial charge in [0, 0.05) is 25.7 Å². The zero-order chi connectivity index (χ0) is 10.5. The topological polar surface area (TPSA) is 24.5 Å². The van der Waals surface area contributed by atoms with Gasteiger partial charge in [-0.3, -0.25) is 4.90 Å². The number of nitrogens with one attached hydrogen (secondary N) is 1. The fourth-order valence-electron chi connectivity index (χ4n) is 2.14. The molecule has 15 heavy (non-hydrogen) atoms. The SMILES string of the molecule is CN(CCOCC1CC1)C1CCCNC1. The van der Waals surface area contributed by atoms with Crippen molar-refractivity contribution in [2.45, 2.75) is 31.7 Å². The molecule has 1 saturated heterocycles. The maximum Gasteiger partial charge on any atom is 0.0593 e. The highest BCUT2D eigenvalue weighted by Crippen LogP contribution is 2.28. The summed E-state index contributed by atoms with van der Waals surface area (Å²) in [4.78, 5) is 2.44. The highest BCUT2D eigenvalue weighted by Gasteiger charge is 2.21. The second kappa shape index (κ2) is 5.83. The molecule has 1 N–H and O–H groups in total. The second-order valence-corrected chi connectivity index (χ2v) is 5.00. The van der Waals surface area contributed by atoms with Crippen LogP contribution < -0.4 is 5.32 Å². The van der Waals surface area contributed by atoms with E-state index in [-0.39, 0.29) is 0 Å². The molecule has 1 aliphatic carbocycles. The average molecular weight is 212 g/mol. The van der Waals surface area contributed by atoms with Crippen LogP contribution in [0.2, 0.25) is 0 Å². The second-order valence-electron chi connectivity index (χ2n) is 5.00. The zero-order valence-corrected chi connectivity index (χ0v) is 9.87. The van der Waals surface area contributed by atoms with Gasteiger partial charge in [0.2, 0.25) is 0 Å². The van der Waals surface area contributed by atoms with Gasteiger partial charge in [-0.1, -0.05) is 0 Å². The molecule has 0 amide bonds. The molecule has 2 fully saturated rings. The summed E-state index contributed by atoms with van der Waals surface area (Å²) in [6.45, 7) is 5.33. The van der Waals surface area contributed by atoms with Crippen molar-refractivity contribution in [1.82, 2.24) is 10.2 Å². The minimum absolute atomic E-state index is 0.725. The first-order valence-electron chi connectivity index (χ1n) is 6.35. The van der Waals surface area contributed by atoms with Gasteiger partial charge in [0.1, 0.15) is 0 Å². The summed E-state index contributed by atoms with van der Waals surface area (Å²) in [6, 6.07) is 0.725. The van der Waals surface area contributed by atoms with Crippen molar-refractivity contribution >= 4 is 0 Å². The van der Waals surface area contributed by atoms with Crippen LogP contribution in [0.4, 0.5) is 0 Å². The van der Waals surface area contributed by atoms with Crippen LogP contribution in [0, 0.1) is 5.92 Å². The van der Waals surface area contributed by atoms with Gasteiger partial charge in [-0.05, 0) is 45.2 Å². The molecule has 0 bridgehead atoms. The molecular weight excluding hydrogens is 188 g/mol. The van der Waals surface area contributed by atoms with Gasteiger partial charge in [0.25, 0.3) is 0 Å². The molecule has 0 aromatic rings. The molecule has 0 radical (unpaired) electrons. The van der Waals surface area contributed by atoms with Gasteiger partial charge in [-0.25, -0.2) is 0 Å². The Morgan fingerprint density at radius 1 is 1.33 bits per heavy atom. The maximum atomic E-state index is 5.66. The molecule has 1 unspecified atom stereocenters. The van der Waals surface area contributed by atoms with E-state index in [2.05, 4.69) is 17.3 Å². The Kier molecular flexibility index (Phi) is 4.42. The fourth-order valence-corrected chi connectivity index (χ4v) is 2.14. The van der Waals surface area contributed by atoms with Crippen molar-refractivity contribution in [3.8, 4) is 0 Å². The Bertz CT molecular complexity index is 176. The number of nitrogens with zero attached hydrogens (tertiary/aromatic N) is 1. The van der Waals surface area contributed by atoms with Gasteiger partial charge < -0.3 is 10.1 Å². The Labute approximate surface area is 93.2 Å². The monoisotopic (exact) mass is 212 g/mol. The van der Waals surface area contributed by atoms with E-state index >= 15 is 0 Å². The van der Waals surface area contributed by atoms with Crippen LogP contribution in [0.1, 0.15) is 25.7 Å². The third kappa shape index (κ3) is 4.09. The van der Waals surface area contributed by atoms with Crippen molar-refractivity contribution in [3.05, 3.63) is 0 Å². The molecule has 1 heterocycles. The predicted octanol–water partition coefficient (Wildman–Crippen LogP) is 1.10. The minimum atomic E-state index is 0.725. The molecule has 0 aromatic carbocycles. The first kappa shape index (κ1) is 11.4. The number of rotatable bonds is 6. The van der Waals surface area contributed by atoms with E-state index in [1.54, 1.807) is 0 Å². The predicted molar refractivity (Wildman–Crippen MR) is 62.1 cm³/mol. The molecule has 1 saturated carbocycles. The Hall–Kier alpha value is -0.120. The van der Waals surface area contributed by atoms with Crippen LogP contribution in [-0.4, -0.2) is 50.8 Å². The standard InChI is InChI=1S/C12H24N2O/c1-14(12-3-2-6-13-9-12)7-8-15-10-11-4-5-11/h11-13H,2-10H2,1H3. The Morgan fingerprint density at radius 2 is 2.20 bits per heavy atom. The van der Waals surface area contributed by atoms with Gasteiger partial charge in [0.15, 0.2) is 0 Å². The van der Waals surface area contributed by atoms with Gasteiger partial charge in [-0.2, -0.15) is 0 Å². The smallest absolute Gasteiger partial charge is 0.0593 e. The molecule has 0 aromatic heterocycles. The lowest BCUT2D eigenvalue weighted by Gasteiger charge is -2.31. The lowest BCUT2D eigenvalue weighted by atomic mass is 10.1. The van der Waals surface area contributed by atoms with Gasteiger partial charge in [-0.15, -0.1) is 0 Å². The molecular formula is C12H24N2O. The van der Waals surface area contributed by atoms with Crippen molar-refractivity contribution in [2.24, 2.45) is 5.92 Å². The summed E-state index contributed by atoms with van der Waals surface area (Å²) >= 11 is 0. The molecule has 1 atom stereocenters. The first-order chi connectivity index (χ1) is 7.36. The largest absolute Gasteiger partial charge is 0.380 e. The number of piperidine rings is 1. The van der Waals surface area contributed by atoms with E-state index in [0.29, 0.717) is 0 Å². The summed E-state index contributed by atoms with van der Waals surface area (Å²) in [6.07, 6.45) is 5.44. The molecule has 2 rings (SSSR count). The van der Waals surface area contributed by atoms with Gasteiger partial charge in [0.05, 0.1) is 6.61 Å². The third-order valence-corrected chi connectivity index (χ3v) is 3.53. The lowest BCUT2D eigenvalue weighted by Crippen LogP contribution is -2.45. The molecule has 3 nitrogen and oxygen atoms in total. The highest BCUT2D eigenvalue weighted by atomic mass is 16.5. The minimum Gasteiger partial charge on any atom is -0.380 e. The number of hydrogen-bond acceptors (Lipinski definition) is 3. The number of likely N-dealkylation sites (N-methyl/N-ethyl adjacent to an activating group) is 1. The first-order valence-corrected chi connectivity index (χ1v) is 6.35. The molecule has 3 heteroatoms. The summed E-state index contributed by atoms with van der Waals surface area (Å²) in [5, 5.41) is 3.45. The fraction of sp³-hybridized carbons (Fsp3) is 1.00. The number of hydrogen-bond donors (Lipinski definition) is 1. The maximum absolute atomic E-state index is 5.66. The van der Waals surface area contributed by atoms with Crippen molar-refractivity contribution in [1.29, 1.82) is 0 Å². The highest BCUT2D eigenvalue weighted by molar-refractivity contribution is 4.76. The summed E-state index contributed by atoms with van der Waals surface area (Å²) in [5.41, 5.74) is 0. The van der Waals surface area contributed by atoms with Crippen LogP contribution in [0.5, 0.6) is 0 Å². The molecule has 0 spiro atoms. The number of ether oxygens (including phenoxy) is 1. The summed E-state index contributed by atoms with van der Waals surface area (Å²) in [7, 11) is 2.22. The van der Waals surface area contributed by atoms with E-state index in [0.717, 1.165) is 38.3 Å². The summed E-state index contributed by atoms with van der Waals surface area (Å²) < 4.78 is 5.66. The van der Waals surface area contributed by atoms with E-state index < -0.39 is 0 Å². The molecule has 2 aliphatic rings. The van der Waals surface area contributed by atoms with Crippen molar-refractivity contribution in [3.63, 3.8) is 0 Å². The Morgan fingerprint density at radius 3 is 2.87 bits per heavy atom. The van der Waals surface area contributed by atoms with E-state index in [1.165, 1.54) is 32.2 Å². The Balaban J connectivity index is 1.52. The lowest BCUT2D eigenvalue weighted by molar-refractivity contribution is 0.0864. The summed E-state index contributed by atoms with van der Waals surface area (Å²) in [5.74, 6) is 0.895. The van der Waals surface area contributed by atoms with E-state index in [1.807, 2.05) is 0 Å². The normalized spacial score (nSPS) is 27.2. The molecule has 1 aliphatic heterocycles. The third-order valence-electron chi connectivity index (χ3n) is 3.53. The van der Waals surface area contributed by atoms with Crippen molar-refractivity contribution < 1.29 is 4.74 Å². The zero-order valence-electron chi connectivity index (χ0n) is 9.87.